The number of nitrogens with zero attached hydrogens (tertiary/aromatic N) is 5. The van der Waals surface area contributed by atoms with Crippen LogP contribution in [0.4, 0.5) is 5.69 Å². The molecule has 2 saturated heterocycles. The molecule has 2 unspecified atom stereocenters. The lowest BCUT2D eigenvalue weighted by molar-refractivity contribution is -0.384. The zero-order chi connectivity index (χ0) is 18.3. The smallest absolute Gasteiger partial charge is 0.276 e. The fraction of sp³-hybridized carbons (Fsp3) is 0.471. The number of amides is 1. The molecule has 0 aliphatic carbocycles. The van der Waals surface area contributed by atoms with E-state index in [2.05, 4.69) is 15.6 Å². The van der Waals surface area contributed by atoms with E-state index in [0.29, 0.717) is 42.2 Å². The first-order valence-corrected chi connectivity index (χ1v) is 8.75. The lowest BCUT2D eigenvalue weighted by atomic mass is 10.1. The van der Waals surface area contributed by atoms with Crippen LogP contribution < -0.4 is 5.32 Å². The number of nitro benzene ring substituents is 1. The van der Waals surface area contributed by atoms with Crippen LogP contribution in [0.1, 0.15) is 35.4 Å². The Labute approximate surface area is 150 Å². The van der Waals surface area contributed by atoms with E-state index in [1.54, 1.807) is 19.1 Å². The Kier molecular flexibility index (Phi) is 4.15. The zero-order valence-electron chi connectivity index (χ0n) is 14.5. The molecule has 136 valence electrons. The van der Waals surface area contributed by atoms with Crippen molar-refractivity contribution in [3.05, 3.63) is 45.8 Å². The van der Waals surface area contributed by atoms with Crippen molar-refractivity contribution in [2.24, 2.45) is 0 Å². The summed E-state index contributed by atoms with van der Waals surface area (Å²) in [5.41, 5.74) is 1.37. The number of likely N-dealkylation sites (tertiary alicyclic amines) is 1. The van der Waals surface area contributed by atoms with Crippen LogP contribution in [0.15, 0.2) is 24.3 Å². The van der Waals surface area contributed by atoms with E-state index in [4.69, 9.17) is 0 Å². The second-order valence-electron chi connectivity index (χ2n) is 6.89. The average molecular weight is 356 g/mol. The summed E-state index contributed by atoms with van der Waals surface area (Å²) < 4.78 is 1.47. The van der Waals surface area contributed by atoms with Crippen LogP contribution in [0.2, 0.25) is 0 Å². The highest BCUT2D eigenvalue weighted by Gasteiger charge is 2.33. The van der Waals surface area contributed by atoms with Gasteiger partial charge in [0.15, 0.2) is 5.69 Å². The Morgan fingerprint density at radius 1 is 1.31 bits per heavy atom. The van der Waals surface area contributed by atoms with E-state index >= 15 is 0 Å². The summed E-state index contributed by atoms with van der Waals surface area (Å²) in [7, 11) is 0. The Hall–Kier alpha value is -2.81. The van der Waals surface area contributed by atoms with E-state index in [0.717, 1.165) is 12.8 Å². The van der Waals surface area contributed by atoms with Gasteiger partial charge >= 0.3 is 0 Å². The Balaban J connectivity index is 1.60. The van der Waals surface area contributed by atoms with Crippen molar-refractivity contribution in [2.45, 2.75) is 38.3 Å². The lowest BCUT2D eigenvalue weighted by Gasteiger charge is -2.23. The highest BCUT2D eigenvalue weighted by molar-refractivity contribution is 5.93. The van der Waals surface area contributed by atoms with Gasteiger partial charge in [0.25, 0.3) is 11.6 Å². The minimum atomic E-state index is -0.457. The van der Waals surface area contributed by atoms with Crippen LogP contribution in [0, 0.1) is 17.0 Å². The predicted molar refractivity (Wildman–Crippen MR) is 93.2 cm³/mol. The number of nitrogens with one attached hydrogen (secondary N) is 1. The molecule has 0 saturated carbocycles. The molecule has 2 aromatic rings. The van der Waals surface area contributed by atoms with Crippen LogP contribution in [-0.2, 0) is 0 Å². The van der Waals surface area contributed by atoms with E-state index in [1.807, 2.05) is 4.90 Å². The van der Waals surface area contributed by atoms with Crippen LogP contribution in [0.25, 0.3) is 5.69 Å². The van der Waals surface area contributed by atoms with Gasteiger partial charge in [-0.25, -0.2) is 4.68 Å². The fourth-order valence-electron chi connectivity index (χ4n) is 3.79. The summed E-state index contributed by atoms with van der Waals surface area (Å²) in [4.78, 5) is 25.3. The second-order valence-corrected chi connectivity index (χ2v) is 6.89. The predicted octanol–water partition coefficient (Wildman–Crippen LogP) is 1.45. The summed E-state index contributed by atoms with van der Waals surface area (Å²) in [5, 5.41) is 22.7. The van der Waals surface area contributed by atoms with Gasteiger partial charge in [-0.05, 0) is 32.3 Å². The summed E-state index contributed by atoms with van der Waals surface area (Å²) in [6.45, 7) is 3.14. The topological polar surface area (TPSA) is 106 Å². The maximum Gasteiger partial charge on any atom is 0.276 e. The number of fused-ring (bicyclic) bond motifs is 2. The molecule has 2 aliphatic heterocycles. The van der Waals surface area contributed by atoms with Crippen LogP contribution in [0.3, 0.4) is 0 Å². The SMILES string of the molecule is Cc1c(C(=O)N2CCC3CCC(C2)N3)nnn1-c1cccc([N+](=O)[O-])c1. The van der Waals surface area contributed by atoms with Gasteiger partial charge in [-0.3, -0.25) is 14.9 Å². The first kappa shape index (κ1) is 16.6. The minimum Gasteiger partial charge on any atom is -0.336 e. The third-order valence-electron chi connectivity index (χ3n) is 5.19. The summed E-state index contributed by atoms with van der Waals surface area (Å²) in [6.07, 6.45) is 3.21. The largest absolute Gasteiger partial charge is 0.336 e. The maximum atomic E-state index is 12.9. The molecule has 9 nitrogen and oxygen atoms in total. The average Bonchev–Trinajstić information content (AvgIpc) is 3.16. The van der Waals surface area contributed by atoms with Crippen molar-refractivity contribution < 1.29 is 9.72 Å². The molecule has 2 atom stereocenters. The van der Waals surface area contributed by atoms with Crippen molar-refractivity contribution in [2.75, 3.05) is 13.1 Å². The molecule has 2 fully saturated rings. The van der Waals surface area contributed by atoms with Gasteiger partial charge < -0.3 is 10.2 Å². The van der Waals surface area contributed by atoms with E-state index < -0.39 is 4.92 Å². The number of hydrogen-bond acceptors (Lipinski definition) is 6. The van der Waals surface area contributed by atoms with Gasteiger partial charge in [0.05, 0.1) is 16.3 Å². The lowest BCUT2D eigenvalue weighted by Crippen LogP contribution is -2.39. The summed E-state index contributed by atoms with van der Waals surface area (Å²) in [5.74, 6) is -0.131. The second kappa shape index (κ2) is 6.49. The number of carbonyl (C=O) groups excluding carboxylic acids is 1. The molecule has 2 aliphatic rings. The third-order valence-corrected chi connectivity index (χ3v) is 5.19. The summed E-state index contributed by atoms with van der Waals surface area (Å²) in [6, 6.07) is 6.98. The molecule has 1 aromatic carbocycles. The first-order chi connectivity index (χ1) is 12.5. The van der Waals surface area contributed by atoms with E-state index in [1.165, 1.54) is 23.2 Å². The minimum absolute atomic E-state index is 0.0279. The Bertz CT molecular complexity index is 864. The van der Waals surface area contributed by atoms with Gasteiger partial charge in [-0.1, -0.05) is 11.3 Å². The standard InChI is InChI=1S/C17H20N6O3/c1-11-16(17(24)21-8-7-12-5-6-13(10-21)18-12)19-20-22(11)14-3-2-4-15(9-14)23(25)26/h2-4,9,12-13,18H,5-8,10H2,1H3. The summed E-state index contributed by atoms with van der Waals surface area (Å²) >= 11 is 0. The van der Waals surface area contributed by atoms with Crippen LogP contribution in [-0.4, -0.2) is 55.9 Å². The number of hydrogen-bond donors (Lipinski definition) is 1. The fourth-order valence-corrected chi connectivity index (χ4v) is 3.79. The van der Waals surface area contributed by atoms with Gasteiger partial charge in [-0.15, -0.1) is 5.10 Å². The van der Waals surface area contributed by atoms with Crippen molar-refractivity contribution >= 4 is 11.6 Å². The van der Waals surface area contributed by atoms with Crippen molar-refractivity contribution in [3.8, 4) is 5.69 Å². The van der Waals surface area contributed by atoms with Crippen molar-refractivity contribution in [1.82, 2.24) is 25.2 Å². The number of rotatable bonds is 3. The van der Waals surface area contributed by atoms with Gasteiger partial charge in [0.1, 0.15) is 0 Å². The Morgan fingerprint density at radius 3 is 2.92 bits per heavy atom. The van der Waals surface area contributed by atoms with Crippen LogP contribution in [0.5, 0.6) is 0 Å². The van der Waals surface area contributed by atoms with E-state index in [-0.39, 0.29) is 11.6 Å². The molecule has 3 heterocycles. The van der Waals surface area contributed by atoms with Gasteiger partial charge in [0.2, 0.25) is 0 Å². The zero-order valence-corrected chi connectivity index (χ0v) is 14.5. The van der Waals surface area contributed by atoms with Gasteiger partial charge in [0, 0.05) is 37.3 Å². The molecule has 4 rings (SSSR count). The van der Waals surface area contributed by atoms with Crippen LogP contribution >= 0.6 is 0 Å². The van der Waals surface area contributed by atoms with Crippen molar-refractivity contribution in [1.29, 1.82) is 0 Å². The molecular formula is C17H20N6O3. The molecule has 1 N–H and O–H groups in total. The molecule has 1 amide bonds. The van der Waals surface area contributed by atoms with E-state index in [9.17, 15) is 14.9 Å². The third kappa shape index (κ3) is 2.94. The Morgan fingerprint density at radius 2 is 2.12 bits per heavy atom. The molecule has 0 radical (unpaired) electrons. The monoisotopic (exact) mass is 356 g/mol. The number of aromatic nitrogens is 3. The molecule has 26 heavy (non-hydrogen) atoms. The normalized spacial score (nSPS) is 22.3. The number of non-ortho nitro benzene ring substituents is 1. The molecule has 2 bridgehead atoms. The maximum absolute atomic E-state index is 12.9. The molecule has 0 spiro atoms. The first-order valence-electron chi connectivity index (χ1n) is 8.75. The van der Waals surface area contributed by atoms with Gasteiger partial charge in [-0.2, -0.15) is 0 Å². The number of nitro groups is 1. The quantitative estimate of drug-likeness (QED) is 0.659. The van der Waals surface area contributed by atoms with Crippen molar-refractivity contribution in [3.63, 3.8) is 0 Å². The molecular weight excluding hydrogens is 336 g/mol. The molecule has 1 aromatic heterocycles. The highest BCUT2D eigenvalue weighted by Crippen LogP contribution is 2.23. The number of carbonyl (C=O) groups is 1. The molecule has 9 heteroatoms. The number of benzene rings is 1. The highest BCUT2D eigenvalue weighted by atomic mass is 16.6.